The van der Waals surface area contributed by atoms with Gasteiger partial charge in [0.25, 0.3) is 11.8 Å². The first-order valence-corrected chi connectivity index (χ1v) is 8.67. The Balaban J connectivity index is 1.68. The van der Waals surface area contributed by atoms with E-state index in [4.69, 9.17) is 4.52 Å². The Morgan fingerprint density at radius 1 is 1.04 bits per heavy atom. The van der Waals surface area contributed by atoms with Gasteiger partial charge in [0.2, 0.25) is 0 Å². The number of aromatic nitrogens is 2. The molecule has 3 aromatic rings. The van der Waals surface area contributed by atoms with Crippen LogP contribution in [0, 0.1) is 6.92 Å². The Labute approximate surface area is 152 Å². The van der Waals surface area contributed by atoms with Gasteiger partial charge in [-0.15, -0.1) is 0 Å². The molecule has 0 saturated heterocycles. The number of carbonyl (C=O) groups is 1. The minimum Gasteiger partial charge on any atom is -0.372 e. The molecule has 134 valence electrons. The van der Waals surface area contributed by atoms with Crippen LogP contribution in [-0.4, -0.2) is 29.1 Å². The van der Waals surface area contributed by atoms with Crippen molar-refractivity contribution in [3.05, 3.63) is 59.9 Å². The van der Waals surface area contributed by atoms with Crippen molar-refractivity contribution in [1.29, 1.82) is 0 Å². The molecule has 0 aliphatic heterocycles. The second kappa shape index (κ2) is 7.82. The molecule has 0 radical (unpaired) electrons. The second-order valence-corrected chi connectivity index (χ2v) is 5.90. The number of carbonyl (C=O) groups excluding carboxylic acids is 1. The zero-order valence-electron chi connectivity index (χ0n) is 15.2. The third kappa shape index (κ3) is 3.91. The summed E-state index contributed by atoms with van der Waals surface area (Å²) in [4.78, 5) is 18.9. The average molecular weight is 350 g/mol. The van der Waals surface area contributed by atoms with E-state index in [0.29, 0.717) is 17.3 Å². The van der Waals surface area contributed by atoms with Gasteiger partial charge in [-0.3, -0.25) is 4.79 Å². The van der Waals surface area contributed by atoms with Crippen molar-refractivity contribution in [2.24, 2.45) is 0 Å². The summed E-state index contributed by atoms with van der Waals surface area (Å²) in [5.41, 5.74) is 3.26. The lowest BCUT2D eigenvalue weighted by Crippen LogP contribution is -2.21. The van der Waals surface area contributed by atoms with Gasteiger partial charge in [0, 0.05) is 35.6 Å². The monoisotopic (exact) mass is 350 g/mol. The van der Waals surface area contributed by atoms with E-state index in [1.165, 1.54) is 0 Å². The molecule has 26 heavy (non-hydrogen) atoms. The predicted molar refractivity (Wildman–Crippen MR) is 102 cm³/mol. The molecule has 0 spiro atoms. The van der Waals surface area contributed by atoms with Crippen LogP contribution >= 0.6 is 0 Å². The van der Waals surface area contributed by atoms with Crippen LogP contribution in [0.1, 0.15) is 30.0 Å². The van der Waals surface area contributed by atoms with E-state index in [2.05, 4.69) is 34.2 Å². The Morgan fingerprint density at radius 3 is 2.23 bits per heavy atom. The van der Waals surface area contributed by atoms with Gasteiger partial charge in [0.05, 0.1) is 0 Å². The van der Waals surface area contributed by atoms with Gasteiger partial charge < -0.3 is 14.7 Å². The van der Waals surface area contributed by atoms with Crippen LogP contribution in [0.5, 0.6) is 0 Å². The molecule has 0 atom stereocenters. The van der Waals surface area contributed by atoms with Gasteiger partial charge in [-0.05, 0) is 69.3 Å². The number of anilines is 2. The summed E-state index contributed by atoms with van der Waals surface area (Å²) >= 11 is 0. The molecular formula is C20H22N4O2. The largest absolute Gasteiger partial charge is 0.372 e. The molecule has 1 N–H and O–H groups in total. The third-order valence-corrected chi connectivity index (χ3v) is 4.18. The zero-order chi connectivity index (χ0) is 18.5. The van der Waals surface area contributed by atoms with Gasteiger partial charge >= 0.3 is 0 Å². The number of rotatable bonds is 6. The molecule has 6 heteroatoms. The molecule has 6 nitrogen and oxygen atoms in total. The summed E-state index contributed by atoms with van der Waals surface area (Å²) in [7, 11) is 0. The summed E-state index contributed by atoms with van der Waals surface area (Å²) in [5, 5.41) is 6.68. The Bertz CT molecular complexity index is 866. The van der Waals surface area contributed by atoms with Crippen LogP contribution < -0.4 is 10.2 Å². The van der Waals surface area contributed by atoms with Crippen molar-refractivity contribution in [2.75, 3.05) is 23.3 Å². The van der Waals surface area contributed by atoms with Crippen molar-refractivity contribution in [3.63, 3.8) is 0 Å². The maximum Gasteiger partial charge on any atom is 0.257 e. The van der Waals surface area contributed by atoms with Crippen LogP contribution in [0.25, 0.3) is 11.5 Å². The van der Waals surface area contributed by atoms with E-state index in [0.717, 1.165) is 30.0 Å². The van der Waals surface area contributed by atoms with Crippen molar-refractivity contribution in [1.82, 2.24) is 10.1 Å². The highest BCUT2D eigenvalue weighted by atomic mass is 16.5. The molecule has 0 aliphatic carbocycles. The molecule has 0 aliphatic rings. The highest BCUT2D eigenvalue weighted by molar-refractivity contribution is 6.04. The first kappa shape index (κ1) is 17.7. The lowest BCUT2D eigenvalue weighted by molar-refractivity contribution is 0.102. The van der Waals surface area contributed by atoms with Crippen LogP contribution in [0.2, 0.25) is 0 Å². The highest BCUT2D eigenvalue weighted by Gasteiger charge is 2.10. The summed E-state index contributed by atoms with van der Waals surface area (Å²) in [5.74, 6) is 0.866. The number of benzene rings is 2. The molecule has 3 rings (SSSR count). The Hall–Kier alpha value is -3.15. The molecule has 1 heterocycles. The summed E-state index contributed by atoms with van der Waals surface area (Å²) in [6.07, 6.45) is 0. The quantitative estimate of drug-likeness (QED) is 0.723. The maximum atomic E-state index is 12.4. The predicted octanol–water partition coefficient (Wildman–Crippen LogP) is 4.14. The normalized spacial score (nSPS) is 10.6. The lowest BCUT2D eigenvalue weighted by Gasteiger charge is -2.21. The number of nitrogens with zero attached hydrogens (tertiary/aromatic N) is 3. The van der Waals surface area contributed by atoms with E-state index < -0.39 is 0 Å². The van der Waals surface area contributed by atoms with E-state index in [9.17, 15) is 4.79 Å². The highest BCUT2D eigenvalue weighted by Crippen LogP contribution is 2.20. The number of amides is 1. The minimum absolute atomic E-state index is 0.158. The number of nitrogens with one attached hydrogen (secondary N) is 1. The number of aryl methyl sites for hydroxylation is 1. The molecule has 0 bridgehead atoms. The standard InChI is InChI=1S/C20H22N4O2/c1-4-24(5-2)18-12-10-17(11-13-18)22-19(25)15-6-8-16(9-7-15)20-21-14(3)23-26-20/h6-13H,4-5H2,1-3H3,(H,22,25). The molecule has 2 aromatic carbocycles. The van der Waals surface area contributed by atoms with Gasteiger partial charge in [-0.2, -0.15) is 4.98 Å². The topological polar surface area (TPSA) is 71.3 Å². The molecule has 0 unspecified atom stereocenters. The molecule has 0 saturated carbocycles. The van der Waals surface area contributed by atoms with Crippen molar-refractivity contribution >= 4 is 17.3 Å². The first-order chi connectivity index (χ1) is 12.6. The Morgan fingerprint density at radius 2 is 1.69 bits per heavy atom. The smallest absolute Gasteiger partial charge is 0.257 e. The van der Waals surface area contributed by atoms with E-state index >= 15 is 0 Å². The van der Waals surface area contributed by atoms with Gasteiger partial charge in [0.15, 0.2) is 5.82 Å². The van der Waals surface area contributed by atoms with E-state index in [1.54, 1.807) is 31.2 Å². The van der Waals surface area contributed by atoms with Crippen LogP contribution in [0.3, 0.4) is 0 Å². The Kier molecular flexibility index (Phi) is 5.31. The van der Waals surface area contributed by atoms with Gasteiger partial charge in [-0.1, -0.05) is 5.16 Å². The molecule has 1 aromatic heterocycles. The van der Waals surface area contributed by atoms with Crippen LogP contribution in [0.4, 0.5) is 11.4 Å². The first-order valence-electron chi connectivity index (χ1n) is 8.67. The van der Waals surface area contributed by atoms with Crippen molar-refractivity contribution in [2.45, 2.75) is 20.8 Å². The zero-order valence-corrected chi connectivity index (χ0v) is 15.2. The fourth-order valence-electron chi connectivity index (χ4n) is 2.73. The van der Waals surface area contributed by atoms with Gasteiger partial charge in [-0.25, -0.2) is 0 Å². The lowest BCUT2D eigenvalue weighted by atomic mass is 10.1. The minimum atomic E-state index is -0.158. The SMILES string of the molecule is CCN(CC)c1ccc(NC(=O)c2ccc(-c3nc(C)no3)cc2)cc1. The van der Waals surface area contributed by atoms with Gasteiger partial charge in [0.1, 0.15) is 0 Å². The van der Waals surface area contributed by atoms with Crippen LogP contribution in [-0.2, 0) is 0 Å². The fourth-order valence-corrected chi connectivity index (χ4v) is 2.73. The van der Waals surface area contributed by atoms with Crippen molar-refractivity contribution < 1.29 is 9.32 Å². The molecular weight excluding hydrogens is 328 g/mol. The summed E-state index contributed by atoms with van der Waals surface area (Å²) < 4.78 is 5.13. The third-order valence-electron chi connectivity index (χ3n) is 4.18. The fraction of sp³-hybridized carbons (Fsp3) is 0.250. The molecule has 0 fully saturated rings. The van der Waals surface area contributed by atoms with E-state index in [-0.39, 0.29) is 5.91 Å². The summed E-state index contributed by atoms with van der Waals surface area (Å²) in [6.45, 7) is 7.92. The number of hydrogen-bond acceptors (Lipinski definition) is 5. The van der Waals surface area contributed by atoms with E-state index in [1.807, 2.05) is 24.3 Å². The number of hydrogen-bond donors (Lipinski definition) is 1. The average Bonchev–Trinajstić information content (AvgIpc) is 3.10. The second-order valence-electron chi connectivity index (χ2n) is 5.90. The maximum absolute atomic E-state index is 12.4. The van der Waals surface area contributed by atoms with Crippen LogP contribution in [0.15, 0.2) is 53.1 Å². The summed E-state index contributed by atoms with van der Waals surface area (Å²) in [6, 6.07) is 15.0. The van der Waals surface area contributed by atoms with Crippen molar-refractivity contribution in [3.8, 4) is 11.5 Å². The molecule has 1 amide bonds.